The van der Waals surface area contributed by atoms with Crippen LogP contribution in [0.15, 0.2) is 48.9 Å². The van der Waals surface area contributed by atoms with Crippen LogP contribution in [0.4, 0.5) is 0 Å². The lowest BCUT2D eigenvalue weighted by molar-refractivity contribution is -0.134. The van der Waals surface area contributed by atoms with Crippen molar-refractivity contribution in [3.05, 3.63) is 60.2 Å². The van der Waals surface area contributed by atoms with Crippen LogP contribution in [0.1, 0.15) is 18.2 Å². The molecule has 0 fully saturated rings. The van der Waals surface area contributed by atoms with E-state index in [2.05, 4.69) is 15.3 Å². The SMILES string of the molecule is CC(=O)O.NCCOc1cccc(CC(=O)NCc2cn3cccnc3n2)c1. The second kappa shape index (κ2) is 10.6. The first-order valence-corrected chi connectivity index (χ1v) is 8.64. The maximum absolute atomic E-state index is 12.1. The summed E-state index contributed by atoms with van der Waals surface area (Å²) in [5, 5.41) is 10.3. The zero-order chi connectivity index (χ0) is 20.4. The normalized spacial score (nSPS) is 10.1. The highest BCUT2D eigenvalue weighted by molar-refractivity contribution is 5.78. The molecule has 0 unspecified atom stereocenters. The Kier molecular flexibility index (Phi) is 7.92. The van der Waals surface area contributed by atoms with Gasteiger partial charge in [0.1, 0.15) is 12.4 Å². The third-order valence-corrected chi connectivity index (χ3v) is 3.40. The Balaban J connectivity index is 0.000000640. The second-order valence-electron chi connectivity index (χ2n) is 5.82. The third-order valence-electron chi connectivity index (χ3n) is 3.40. The number of hydrogen-bond acceptors (Lipinski definition) is 6. The Labute approximate surface area is 162 Å². The fourth-order valence-corrected chi connectivity index (χ4v) is 2.32. The molecule has 2 heterocycles. The molecule has 9 nitrogen and oxygen atoms in total. The average Bonchev–Trinajstić information content (AvgIpc) is 3.08. The summed E-state index contributed by atoms with van der Waals surface area (Å²) >= 11 is 0. The van der Waals surface area contributed by atoms with Crippen molar-refractivity contribution < 1.29 is 19.4 Å². The lowest BCUT2D eigenvalue weighted by Crippen LogP contribution is -2.24. The fraction of sp³-hybridized carbons (Fsp3) is 0.263. The van der Waals surface area contributed by atoms with Crippen molar-refractivity contribution in [1.82, 2.24) is 19.7 Å². The summed E-state index contributed by atoms with van der Waals surface area (Å²) in [6.45, 7) is 2.36. The molecule has 28 heavy (non-hydrogen) atoms. The number of aromatic nitrogens is 3. The number of nitrogens with one attached hydrogen (secondary N) is 1. The summed E-state index contributed by atoms with van der Waals surface area (Å²) in [6, 6.07) is 9.29. The van der Waals surface area contributed by atoms with Gasteiger partial charge >= 0.3 is 0 Å². The van der Waals surface area contributed by atoms with Crippen LogP contribution in [0, 0.1) is 0 Å². The molecule has 2 aromatic heterocycles. The lowest BCUT2D eigenvalue weighted by Gasteiger charge is -2.07. The molecule has 0 radical (unpaired) electrons. The van der Waals surface area contributed by atoms with Crippen LogP contribution in [-0.2, 0) is 22.6 Å². The number of imidazole rings is 1. The number of nitrogens with two attached hydrogens (primary N) is 1. The van der Waals surface area contributed by atoms with Crippen molar-refractivity contribution in [3.63, 3.8) is 0 Å². The number of carboxylic acid groups (broad SMARTS) is 1. The second-order valence-corrected chi connectivity index (χ2v) is 5.82. The number of carbonyl (C=O) groups excluding carboxylic acids is 1. The first-order chi connectivity index (χ1) is 13.5. The van der Waals surface area contributed by atoms with Gasteiger partial charge < -0.3 is 20.9 Å². The zero-order valence-electron chi connectivity index (χ0n) is 15.5. The van der Waals surface area contributed by atoms with Crippen LogP contribution in [0.5, 0.6) is 5.75 Å². The number of carbonyl (C=O) groups is 2. The molecule has 0 aliphatic carbocycles. The number of aliphatic carboxylic acids is 1. The van der Waals surface area contributed by atoms with E-state index in [0.29, 0.717) is 25.5 Å². The van der Waals surface area contributed by atoms with Gasteiger partial charge in [-0.15, -0.1) is 0 Å². The molecule has 1 amide bonds. The molecule has 0 saturated heterocycles. The molecule has 3 rings (SSSR count). The smallest absolute Gasteiger partial charge is 0.300 e. The summed E-state index contributed by atoms with van der Waals surface area (Å²) in [6.07, 6.45) is 5.69. The molecule has 148 valence electrons. The molecule has 0 bridgehead atoms. The molecule has 0 spiro atoms. The predicted octanol–water partition coefficient (Wildman–Crippen LogP) is 1.02. The number of carboxylic acids is 1. The summed E-state index contributed by atoms with van der Waals surface area (Å²) < 4.78 is 7.28. The van der Waals surface area contributed by atoms with E-state index in [4.69, 9.17) is 20.4 Å². The summed E-state index contributed by atoms with van der Waals surface area (Å²) in [7, 11) is 0. The minimum atomic E-state index is -0.833. The number of amides is 1. The first-order valence-electron chi connectivity index (χ1n) is 8.64. The third kappa shape index (κ3) is 7.04. The van der Waals surface area contributed by atoms with Crippen LogP contribution in [0.25, 0.3) is 5.78 Å². The minimum absolute atomic E-state index is 0.0732. The van der Waals surface area contributed by atoms with Gasteiger partial charge in [-0.05, 0) is 23.8 Å². The van der Waals surface area contributed by atoms with E-state index >= 15 is 0 Å². The number of rotatable bonds is 7. The van der Waals surface area contributed by atoms with Gasteiger partial charge in [-0.25, -0.2) is 9.97 Å². The Morgan fingerprint density at radius 3 is 2.82 bits per heavy atom. The average molecular weight is 385 g/mol. The minimum Gasteiger partial charge on any atom is -0.492 e. The van der Waals surface area contributed by atoms with E-state index in [1.807, 2.05) is 47.1 Å². The van der Waals surface area contributed by atoms with Crippen LogP contribution in [0.2, 0.25) is 0 Å². The van der Waals surface area contributed by atoms with Crippen molar-refractivity contribution in [1.29, 1.82) is 0 Å². The largest absolute Gasteiger partial charge is 0.492 e. The highest BCUT2D eigenvalue weighted by Gasteiger charge is 2.07. The standard InChI is InChI=1S/C17H19N5O2.C2H4O2/c18-5-8-24-15-4-1-3-13(9-15)10-16(23)20-11-14-12-22-7-2-6-19-17(22)21-14;1-2(3)4/h1-4,6-7,9,12H,5,8,10-11,18H2,(H,20,23);1H3,(H,3,4). The van der Waals surface area contributed by atoms with Crippen LogP contribution in [0.3, 0.4) is 0 Å². The van der Waals surface area contributed by atoms with E-state index in [0.717, 1.165) is 23.9 Å². The van der Waals surface area contributed by atoms with E-state index in [1.165, 1.54) is 0 Å². The predicted molar refractivity (Wildman–Crippen MR) is 103 cm³/mol. The molecule has 4 N–H and O–H groups in total. The Bertz CT molecular complexity index is 888. The van der Waals surface area contributed by atoms with Gasteiger partial charge in [-0.2, -0.15) is 0 Å². The van der Waals surface area contributed by atoms with Gasteiger partial charge in [-0.3, -0.25) is 14.0 Å². The highest BCUT2D eigenvalue weighted by atomic mass is 16.5. The molecule has 0 saturated carbocycles. The number of nitrogens with zero attached hydrogens (tertiary/aromatic N) is 3. The molecule has 9 heteroatoms. The van der Waals surface area contributed by atoms with Gasteiger partial charge in [-0.1, -0.05) is 12.1 Å². The quantitative estimate of drug-likeness (QED) is 0.553. The van der Waals surface area contributed by atoms with Crippen LogP contribution < -0.4 is 15.8 Å². The summed E-state index contributed by atoms with van der Waals surface area (Å²) in [4.78, 5) is 29.6. The van der Waals surface area contributed by atoms with Crippen molar-refractivity contribution in [2.24, 2.45) is 5.73 Å². The Morgan fingerprint density at radius 2 is 2.11 bits per heavy atom. The highest BCUT2D eigenvalue weighted by Crippen LogP contribution is 2.13. The summed E-state index contributed by atoms with van der Waals surface area (Å²) in [5.41, 5.74) is 7.07. The molecular weight excluding hydrogens is 362 g/mol. The van der Waals surface area contributed by atoms with Crippen LogP contribution >= 0.6 is 0 Å². The zero-order valence-corrected chi connectivity index (χ0v) is 15.5. The van der Waals surface area contributed by atoms with Crippen molar-refractivity contribution in [2.75, 3.05) is 13.2 Å². The topological polar surface area (TPSA) is 132 Å². The fourth-order valence-electron chi connectivity index (χ4n) is 2.32. The van der Waals surface area contributed by atoms with Gasteiger partial charge in [0, 0.05) is 32.1 Å². The van der Waals surface area contributed by atoms with Crippen LogP contribution in [-0.4, -0.2) is 44.5 Å². The van der Waals surface area contributed by atoms with Gasteiger partial charge in [0.15, 0.2) is 0 Å². The van der Waals surface area contributed by atoms with Crippen molar-refractivity contribution >= 4 is 17.7 Å². The maximum atomic E-state index is 12.1. The lowest BCUT2D eigenvalue weighted by atomic mass is 10.1. The Hall–Kier alpha value is -3.46. The summed E-state index contributed by atoms with van der Waals surface area (Å²) in [5.74, 6) is 0.430. The van der Waals surface area contributed by atoms with Gasteiger partial charge in [0.2, 0.25) is 11.7 Å². The molecular formula is C19H23N5O4. The van der Waals surface area contributed by atoms with E-state index in [9.17, 15) is 4.79 Å². The monoisotopic (exact) mass is 385 g/mol. The molecule has 3 aromatic rings. The number of ether oxygens (including phenoxy) is 1. The van der Waals surface area contributed by atoms with Gasteiger partial charge in [0.25, 0.3) is 5.97 Å². The molecule has 0 atom stereocenters. The Morgan fingerprint density at radius 1 is 1.32 bits per heavy atom. The number of fused-ring (bicyclic) bond motifs is 1. The van der Waals surface area contributed by atoms with E-state index < -0.39 is 5.97 Å². The van der Waals surface area contributed by atoms with E-state index in [1.54, 1.807) is 6.20 Å². The van der Waals surface area contributed by atoms with E-state index in [-0.39, 0.29) is 12.3 Å². The number of hydrogen-bond donors (Lipinski definition) is 3. The number of benzene rings is 1. The molecule has 1 aromatic carbocycles. The molecule has 0 aliphatic rings. The van der Waals surface area contributed by atoms with Crippen molar-refractivity contribution in [3.8, 4) is 5.75 Å². The van der Waals surface area contributed by atoms with Crippen molar-refractivity contribution in [2.45, 2.75) is 19.9 Å². The maximum Gasteiger partial charge on any atom is 0.300 e. The van der Waals surface area contributed by atoms with Gasteiger partial charge in [0.05, 0.1) is 18.7 Å². The first kappa shape index (κ1) is 20.8. The molecule has 0 aliphatic heterocycles.